The molecule has 82 heavy (non-hydrogen) atoms. The molecule has 1 aliphatic rings. The molecule has 0 aliphatic heterocycles. The predicted octanol–water partition coefficient (Wildman–Crippen LogP) is 20.9. The summed E-state index contributed by atoms with van der Waals surface area (Å²) in [5.74, 6) is 0. The van der Waals surface area contributed by atoms with Gasteiger partial charge in [0.25, 0.3) is 0 Å². The number of benzene rings is 12. The van der Waals surface area contributed by atoms with Gasteiger partial charge in [-0.2, -0.15) is 0 Å². The molecule has 1 aliphatic carbocycles. The van der Waals surface area contributed by atoms with Crippen LogP contribution in [0.2, 0.25) is 0 Å². The van der Waals surface area contributed by atoms with Crippen LogP contribution in [-0.2, 0) is 0 Å². The second-order valence-corrected chi connectivity index (χ2v) is 21.9. The van der Waals surface area contributed by atoms with Crippen LogP contribution in [0, 0.1) is 0 Å². The summed E-state index contributed by atoms with van der Waals surface area (Å²) in [7, 11) is 0. The highest BCUT2D eigenvalue weighted by molar-refractivity contribution is 6.29. The van der Waals surface area contributed by atoms with E-state index in [0.29, 0.717) is 0 Å². The minimum atomic E-state index is 1.06. The summed E-state index contributed by atoms with van der Waals surface area (Å²) in [5.41, 5.74) is 23.8. The molecule has 17 rings (SSSR count). The number of rotatable bonds is 8. The highest BCUT2D eigenvalue weighted by Gasteiger charge is 2.23. The Morgan fingerprint density at radius 2 is 0.585 bits per heavy atom. The fraction of sp³-hybridized carbons (Fsp3) is 0.0256. The van der Waals surface area contributed by atoms with Crippen molar-refractivity contribution in [1.82, 2.24) is 18.3 Å². The van der Waals surface area contributed by atoms with E-state index in [0.717, 1.165) is 29.9 Å². The second kappa shape index (κ2) is 18.5. The summed E-state index contributed by atoms with van der Waals surface area (Å²) in [6, 6.07) is 101. The lowest BCUT2D eigenvalue weighted by molar-refractivity contribution is 1.02. The van der Waals surface area contributed by atoms with Crippen molar-refractivity contribution in [3.63, 3.8) is 0 Å². The van der Waals surface area contributed by atoms with Gasteiger partial charge in [-0.3, -0.25) is 0 Å². The molecule has 384 valence electrons. The first kappa shape index (κ1) is 46.3. The molecular weight excluding hydrogens is 993 g/mol. The van der Waals surface area contributed by atoms with Gasteiger partial charge >= 0.3 is 0 Å². The Morgan fingerprint density at radius 3 is 1.06 bits per heavy atom. The van der Waals surface area contributed by atoms with E-state index in [2.05, 4.69) is 309 Å². The Bertz CT molecular complexity index is 5340. The molecule has 0 saturated heterocycles. The fourth-order valence-corrected chi connectivity index (χ4v) is 13.7. The van der Waals surface area contributed by atoms with Gasteiger partial charge in [0.1, 0.15) is 0 Å². The summed E-state index contributed by atoms with van der Waals surface area (Å²) in [5, 5.41) is 10.1. The Hall–Kier alpha value is -10.7. The number of hydrogen-bond acceptors (Lipinski definition) is 0. The van der Waals surface area contributed by atoms with Crippen LogP contribution in [0.3, 0.4) is 0 Å². The maximum absolute atomic E-state index is 2.46. The summed E-state index contributed by atoms with van der Waals surface area (Å²) >= 11 is 0. The highest BCUT2D eigenvalue weighted by atomic mass is 15.0. The third kappa shape index (κ3) is 7.18. The van der Waals surface area contributed by atoms with Crippen molar-refractivity contribution in [3.05, 3.63) is 291 Å². The summed E-state index contributed by atoms with van der Waals surface area (Å²) in [6.45, 7) is 0. The lowest BCUT2D eigenvalue weighted by atomic mass is 9.94. The Morgan fingerprint density at radius 1 is 0.220 bits per heavy atom. The summed E-state index contributed by atoms with van der Waals surface area (Å²) in [6.07, 6.45) is 9.11. The molecule has 0 N–H and O–H groups in total. The molecule has 0 atom stereocenters. The van der Waals surface area contributed by atoms with Crippen LogP contribution in [0.1, 0.15) is 12.8 Å². The van der Waals surface area contributed by atoms with Gasteiger partial charge in [-0.25, -0.2) is 0 Å². The number of allylic oxidation sites excluding steroid dienone is 4. The Labute approximate surface area is 474 Å². The van der Waals surface area contributed by atoms with Gasteiger partial charge in [0, 0.05) is 65.8 Å². The zero-order valence-electron chi connectivity index (χ0n) is 44.9. The highest BCUT2D eigenvalue weighted by Crippen LogP contribution is 2.45. The van der Waals surface area contributed by atoms with E-state index >= 15 is 0 Å². The molecule has 0 spiro atoms. The van der Waals surface area contributed by atoms with Crippen molar-refractivity contribution < 1.29 is 0 Å². The molecule has 0 unspecified atom stereocenters. The molecular formula is C78H52N4. The normalized spacial score (nSPS) is 12.8. The molecule has 0 bridgehead atoms. The van der Waals surface area contributed by atoms with Gasteiger partial charge in [0.2, 0.25) is 0 Å². The second-order valence-electron chi connectivity index (χ2n) is 21.9. The number of fused-ring (bicyclic) bond motifs is 13. The first-order valence-electron chi connectivity index (χ1n) is 28.6. The third-order valence-corrected chi connectivity index (χ3v) is 17.3. The summed E-state index contributed by atoms with van der Waals surface area (Å²) in [4.78, 5) is 0. The van der Waals surface area contributed by atoms with Crippen molar-refractivity contribution in [1.29, 1.82) is 0 Å². The van der Waals surface area contributed by atoms with Crippen LogP contribution in [0.4, 0.5) is 0 Å². The molecule has 4 nitrogen and oxygen atoms in total. The van der Waals surface area contributed by atoms with Crippen LogP contribution in [0.5, 0.6) is 0 Å². The van der Waals surface area contributed by atoms with Crippen molar-refractivity contribution in [3.8, 4) is 61.6 Å². The van der Waals surface area contributed by atoms with Crippen molar-refractivity contribution >= 4 is 92.9 Å². The van der Waals surface area contributed by atoms with Gasteiger partial charge in [0.15, 0.2) is 0 Å². The van der Waals surface area contributed by atoms with Crippen LogP contribution >= 0.6 is 0 Å². The molecule has 0 saturated carbocycles. The van der Waals surface area contributed by atoms with Crippen LogP contribution in [-0.4, -0.2) is 18.3 Å². The lowest BCUT2D eigenvalue weighted by Crippen LogP contribution is -1.97. The monoisotopic (exact) mass is 1040 g/mol. The SMILES string of the molecule is C1=CC(n2c3ccccc3c3c4c5ccccc5n(-c5cccc(-c6cccc(-c7cccc(-c8cccc(-c9cccc(-n%10c%11ccccc%11c%11cc%12c%13ccccc%13n(-c%13ccccc%13)c%12cc%11%10)c9)c8)c7)c6)c5)c4ccc32)=CCC1. The number of para-hydroxylation sites is 5. The molecule has 0 fully saturated rings. The van der Waals surface area contributed by atoms with E-state index < -0.39 is 0 Å². The number of nitrogens with zero attached hydrogens (tertiary/aromatic N) is 4. The van der Waals surface area contributed by atoms with Gasteiger partial charge in [-0.1, -0.05) is 182 Å². The van der Waals surface area contributed by atoms with E-state index in [1.165, 1.54) is 137 Å². The molecule has 4 aromatic heterocycles. The molecule has 12 aromatic carbocycles. The summed E-state index contributed by atoms with van der Waals surface area (Å²) < 4.78 is 9.79. The number of hydrogen-bond donors (Lipinski definition) is 0. The van der Waals surface area contributed by atoms with E-state index in [9.17, 15) is 0 Å². The lowest BCUT2D eigenvalue weighted by Gasteiger charge is -2.13. The smallest absolute Gasteiger partial charge is 0.0562 e. The molecule has 16 aromatic rings. The van der Waals surface area contributed by atoms with E-state index in [1.807, 2.05) is 0 Å². The predicted molar refractivity (Wildman–Crippen MR) is 347 cm³/mol. The molecule has 0 radical (unpaired) electrons. The first-order chi connectivity index (χ1) is 40.7. The van der Waals surface area contributed by atoms with E-state index in [1.54, 1.807) is 0 Å². The molecule has 0 amide bonds. The van der Waals surface area contributed by atoms with Crippen molar-refractivity contribution in [2.24, 2.45) is 0 Å². The van der Waals surface area contributed by atoms with Gasteiger partial charge < -0.3 is 18.3 Å². The van der Waals surface area contributed by atoms with E-state index in [4.69, 9.17) is 0 Å². The first-order valence-corrected chi connectivity index (χ1v) is 28.6. The zero-order valence-corrected chi connectivity index (χ0v) is 44.9. The third-order valence-electron chi connectivity index (χ3n) is 17.3. The largest absolute Gasteiger partial charge is 0.310 e. The van der Waals surface area contributed by atoms with Gasteiger partial charge in [-0.15, -0.1) is 0 Å². The quantitative estimate of drug-likeness (QED) is 0.145. The standard InChI is InChI=1S/C78H52N4/c1-3-28-59(29-4-1)79-71-40-13-9-36-65(71)77-73(79)42-43-74-78(77)66-37-10-14-41-72(66)81(74)61-32-18-26-57(47-61)55-24-16-22-53(45-55)51-20-15-21-52(44-51)54-23-17-25-56(46-54)58-27-19-33-62(48-58)82-70-39-12-8-35-64(70)68-49-67-63-34-7-11-38-69(63)80(75(67)50-76(68)82)60-30-5-2-6-31-60/h2-3,5-50H,1,4H2. The van der Waals surface area contributed by atoms with Crippen LogP contribution in [0.25, 0.3) is 154 Å². The maximum atomic E-state index is 2.46. The van der Waals surface area contributed by atoms with Gasteiger partial charge in [0.05, 0.1) is 44.1 Å². The topological polar surface area (TPSA) is 19.7 Å². The maximum Gasteiger partial charge on any atom is 0.0562 e. The Balaban J connectivity index is 0.718. The van der Waals surface area contributed by atoms with Crippen LogP contribution in [0.15, 0.2) is 291 Å². The minimum Gasteiger partial charge on any atom is -0.310 e. The minimum absolute atomic E-state index is 1.06. The van der Waals surface area contributed by atoms with Gasteiger partial charge in [-0.05, 0) is 167 Å². The van der Waals surface area contributed by atoms with Crippen molar-refractivity contribution in [2.75, 3.05) is 0 Å². The van der Waals surface area contributed by atoms with E-state index in [-0.39, 0.29) is 0 Å². The molecule has 4 heterocycles. The number of aromatic nitrogens is 4. The average Bonchev–Trinajstić information content (AvgIpc) is 4.04. The van der Waals surface area contributed by atoms with Crippen molar-refractivity contribution in [2.45, 2.75) is 12.8 Å². The van der Waals surface area contributed by atoms with Crippen LogP contribution < -0.4 is 0 Å². The Kier molecular flexibility index (Phi) is 10.4. The fourth-order valence-electron chi connectivity index (χ4n) is 13.7. The zero-order chi connectivity index (χ0) is 53.8. The molecule has 4 heteroatoms. The average molecular weight is 1050 g/mol.